The fourth-order valence-electron chi connectivity index (χ4n) is 3.27. The highest BCUT2D eigenvalue weighted by molar-refractivity contribution is 5.98. The van der Waals surface area contributed by atoms with Crippen molar-refractivity contribution in [2.45, 2.75) is 24.7 Å². The Labute approximate surface area is 128 Å². The van der Waals surface area contributed by atoms with Gasteiger partial charge in [0.2, 0.25) is 0 Å². The lowest BCUT2D eigenvalue weighted by Gasteiger charge is -2.13. The maximum absolute atomic E-state index is 9.89. The van der Waals surface area contributed by atoms with Gasteiger partial charge >= 0.3 is 0 Å². The van der Waals surface area contributed by atoms with Gasteiger partial charge in [-0.1, -0.05) is 36.4 Å². The van der Waals surface area contributed by atoms with Gasteiger partial charge in [-0.25, -0.2) is 0 Å². The molecule has 0 saturated carbocycles. The van der Waals surface area contributed by atoms with E-state index in [2.05, 4.69) is 36.4 Å². The van der Waals surface area contributed by atoms with Gasteiger partial charge in [0, 0.05) is 6.42 Å². The van der Waals surface area contributed by atoms with E-state index in [-0.39, 0.29) is 12.7 Å². The molecule has 0 aliphatic carbocycles. The molecule has 1 aliphatic heterocycles. The van der Waals surface area contributed by atoms with Crippen LogP contribution in [0.3, 0.4) is 0 Å². The zero-order chi connectivity index (χ0) is 15.1. The van der Waals surface area contributed by atoms with Crippen molar-refractivity contribution >= 4 is 21.5 Å². The number of hydrogen-bond donors (Lipinski definition) is 2. The van der Waals surface area contributed by atoms with E-state index in [1.807, 2.05) is 18.2 Å². The summed E-state index contributed by atoms with van der Waals surface area (Å²) in [7, 11) is 0. The summed E-state index contributed by atoms with van der Waals surface area (Å²) in [6.45, 7) is -0.143. The molecular weight excluding hydrogens is 276 g/mol. The van der Waals surface area contributed by atoms with E-state index < -0.39 is 12.2 Å². The van der Waals surface area contributed by atoms with Gasteiger partial charge < -0.3 is 14.9 Å². The highest BCUT2D eigenvalue weighted by Gasteiger charge is 2.34. The fraction of sp³-hybridized carbons (Fsp3) is 0.263. The quantitative estimate of drug-likeness (QED) is 0.714. The molecule has 0 spiro atoms. The van der Waals surface area contributed by atoms with Crippen molar-refractivity contribution in [1.29, 1.82) is 0 Å². The molecule has 1 fully saturated rings. The Morgan fingerprint density at radius 2 is 1.59 bits per heavy atom. The van der Waals surface area contributed by atoms with Crippen molar-refractivity contribution in [2.24, 2.45) is 0 Å². The van der Waals surface area contributed by atoms with Crippen LogP contribution in [0.1, 0.15) is 18.1 Å². The highest BCUT2D eigenvalue weighted by atomic mass is 16.5. The SMILES string of the molecule is OC[C@H]1O[C@@H](c2ccc3cc4ccccc4cc3c2)C[C@@H]1O. The molecule has 112 valence electrons. The normalized spacial score (nSPS) is 25.1. The summed E-state index contributed by atoms with van der Waals surface area (Å²) in [5.41, 5.74) is 1.05. The second-order valence-corrected chi connectivity index (χ2v) is 5.95. The molecule has 3 aromatic rings. The molecular formula is C19H18O3. The lowest BCUT2D eigenvalue weighted by molar-refractivity contribution is -0.0225. The van der Waals surface area contributed by atoms with E-state index in [1.54, 1.807) is 0 Å². The average molecular weight is 294 g/mol. The van der Waals surface area contributed by atoms with Gasteiger partial charge in [-0.3, -0.25) is 0 Å². The monoisotopic (exact) mass is 294 g/mol. The van der Waals surface area contributed by atoms with Gasteiger partial charge in [-0.05, 0) is 45.3 Å². The Hall–Kier alpha value is -1.94. The van der Waals surface area contributed by atoms with Crippen LogP contribution >= 0.6 is 0 Å². The molecule has 1 heterocycles. The lowest BCUT2D eigenvalue weighted by Crippen LogP contribution is -2.24. The van der Waals surface area contributed by atoms with Crippen LogP contribution in [-0.2, 0) is 4.74 Å². The zero-order valence-corrected chi connectivity index (χ0v) is 12.1. The van der Waals surface area contributed by atoms with Crippen LogP contribution in [0.2, 0.25) is 0 Å². The Morgan fingerprint density at radius 3 is 2.27 bits per heavy atom. The van der Waals surface area contributed by atoms with Gasteiger partial charge in [0.1, 0.15) is 6.10 Å². The van der Waals surface area contributed by atoms with Gasteiger partial charge in [0.25, 0.3) is 0 Å². The number of benzene rings is 3. The fourth-order valence-corrected chi connectivity index (χ4v) is 3.27. The Kier molecular flexibility index (Phi) is 3.34. The topological polar surface area (TPSA) is 49.7 Å². The molecule has 3 atom stereocenters. The van der Waals surface area contributed by atoms with E-state index in [1.165, 1.54) is 21.5 Å². The number of aliphatic hydroxyl groups is 2. The summed E-state index contributed by atoms with van der Waals surface area (Å²) in [4.78, 5) is 0. The molecule has 3 nitrogen and oxygen atoms in total. The van der Waals surface area contributed by atoms with Crippen molar-refractivity contribution < 1.29 is 14.9 Å². The lowest BCUT2D eigenvalue weighted by atomic mass is 9.98. The smallest absolute Gasteiger partial charge is 0.107 e. The molecule has 0 aromatic heterocycles. The first kappa shape index (κ1) is 13.7. The molecule has 1 saturated heterocycles. The second kappa shape index (κ2) is 5.36. The van der Waals surface area contributed by atoms with Gasteiger partial charge in [-0.15, -0.1) is 0 Å². The molecule has 0 radical (unpaired) electrons. The summed E-state index contributed by atoms with van der Waals surface area (Å²) >= 11 is 0. The first-order chi connectivity index (χ1) is 10.7. The summed E-state index contributed by atoms with van der Waals surface area (Å²) in [5, 5.41) is 23.9. The summed E-state index contributed by atoms with van der Waals surface area (Å²) in [6, 6.07) is 19.0. The Balaban J connectivity index is 1.75. The molecule has 3 aromatic carbocycles. The standard InChI is InChI=1S/C19H18O3/c20-11-19-17(21)10-18(22-19)15-6-5-14-7-12-3-1-2-4-13(12)8-16(14)9-15/h1-9,17-21H,10-11H2/t17-,18+,19+/m0/s1. The third kappa shape index (κ3) is 2.28. The number of hydrogen-bond acceptors (Lipinski definition) is 3. The van der Waals surface area contributed by atoms with Crippen molar-refractivity contribution in [1.82, 2.24) is 0 Å². The predicted octanol–water partition coefficient (Wildman–Crippen LogP) is 3.18. The van der Waals surface area contributed by atoms with Gasteiger partial charge in [0.05, 0.1) is 18.8 Å². The van der Waals surface area contributed by atoms with Crippen LogP contribution in [0.25, 0.3) is 21.5 Å². The molecule has 0 unspecified atom stereocenters. The number of fused-ring (bicyclic) bond motifs is 2. The first-order valence-electron chi connectivity index (χ1n) is 7.61. The van der Waals surface area contributed by atoms with Crippen LogP contribution < -0.4 is 0 Å². The Bertz CT molecular complexity index is 827. The van der Waals surface area contributed by atoms with E-state index in [0.29, 0.717) is 6.42 Å². The molecule has 0 amide bonds. The molecule has 22 heavy (non-hydrogen) atoms. The van der Waals surface area contributed by atoms with Crippen molar-refractivity contribution in [3.8, 4) is 0 Å². The third-order valence-electron chi connectivity index (χ3n) is 4.50. The second-order valence-electron chi connectivity index (χ2n) is 5.95. The largest absolute Gasteiger partial charge is 0.394 e. The molecule has 0 bridgehead atoms. The van der Waals surface area contributed by atoms with Crippen LogP contribution in [0.5, 0.6) is 0 Å². The van der Waals surface area contributed by atoms with E-state index >= 15 is 0 Å². The number of aliphatic hydroxyl groups excluding tert-OH is 2. The van der Waals surface area contributed by atoms with Crippen LogP contribution in [-0.4, -0.2) is 29.0 Å². The van der Waals surface area contributed by atoms with Crippen LogP contribution in [0.4, 0.5) is 0 Å². The van der Waals surface area contributed by atoms with Crippen molar-refractivity contribution in [3.05, 3.63) is 60.2 Å². The average Bonchev–Trinajstić information content (AvgIpc) is 2.93. The minimum absolute atomic E-state index is 0.143. The molecule has 1 aliphatic rings. The predicted molar refractivity (Wildman–Crippen MR) is 86.8 cm³/mol. The third-order valence-corrected chi connectivity index (χ3v) is 4.50. The summed E-state index contributed by atoms with van der Waals surface area (Å²) < 4.78 is 5.75. The molecule has 4 rings (SSSR count). The van der Waals surface area contributed by atoms with Crippen LogP contribution in [0.15, 0.2) is 54.6 Å². The summed E-state index contributed by atoms with van der Waals surface area (Å²) in [5.74, 6) is 0. The number of rotatable bonds is 2. The summed E-state index contributed by atoms with van der Waals surface area (Å²) in [6.07, 6.45) is -0.688. The molecule has 3 heteroatoms. The Morgan fingerprint density at radius 1 is 0.909 bits per heavy atom. The minimum Gasteiger partial charge on any atom is -0.394 e. The number of ether oxygens (including phenoxy) is 1. The van der Waals surface area contributed by atoms with E-state index in [0.717, 1.165) is 5.56 Å². The minimum atomic E-state index is -0.595. The van der Waals surface area contributed by atoms with E-state index in [9.17, 15) is 10.2 Å². The first-order valence-corrected chi connectivity index (χ1v) is 7.61. The van der Waals surface area contributed by atoms with Crippen LogP contribution in [0, 0.1) is 0 Å². The zero-order valence-electron chi connectivity index (χ0n) is 12.1. The van der Waals surface area contributed by atoms with Gasteiger partial charge in [0.15, 0.2) is 0 Å². The maximum Gasteiger partial charge on any atom is 0.107 e. The highest BCUT2D eigenvalue weighted by Crippen LogP contribution is 2.35. The molecule has 2 N–H and O–H groups in total. The van der Waals surface area contributed by atoms with Crippen molar-refractivity contribution in [3.63, 3.8) is 0 Å². The van der Waals surface area contributed by atoms with Gasteiger partial charge in [-0.2, -0.15) is 0 Å². The van der Waals surface area contributed by atoms with E-state index in [4.69, 9.17) is 4.74 Å². The maximum atomic E-state index is 9.89. The van der Waals surface area contributed by atoms with Crippen molar-refractivity contribution in [2.75, 3.05) is 6.61 Å².